The van der Waals surface area contributed by atoms with E-state index in [2.05, 4.69) is 43.1 Å². The minimum absolute atomic E-state index is 0.284. The zero-order valence-electron chi connectivity index (χ0n) is 14.6. The molecule has 0 radical (unpaired) electrons. The van der Waals surface area contributed by atoms with Crippen molar-refractivity contribution < 1.29 is 4.39 Å². The van der Waals surface area contributed by atoms with Crippen molar-refractivity contribution in [2.24, 2.45) is 5.73 Å². The summed E-state index contributed by atoms with van der Waals surface area (Å²) < 4.78 is 13.4. The highest BCUT2D eigenvalue weighted by atomic mass is 19.1. The molecule has 2 rings (SSSR count). The van der Waals surface area contributed by atoms with Crippen LogP contribution >= 0.6 is 0 Å². The number of hydrogen-bond acceptors (Lipinski definition) is 2. The Kier molecular flexibility index (Phi) is 6.26. The highest BCUT2D eigenvalue weighted by Gasteiger charge is 2.22. The number of nitrogens with two attached hydrogens (primary N) is 1. The van der Waals surface area contributed by atoms with E-state index < -0.39 is 6.17 Å². The normalized spacial score (nSPS) is 21.2. The molecule has 0 bridgehead atoms. The predicted octanol–water partition coefficient (Wildman–Crippen LogP) is 4.78. The molecule has 2 atom stereocenters. The zero-order chi connectivity index (χ0) is 16.8. The Morgan fingerprint density at radius 3 is 2.48 bits per heavy atom. The first-order chi connectivity index (χ1) is 11.0. The van der Waals surface area contributed by atoms with Gasteiger partial charge in [-0.3, -0.25) is 0 Å². The molecular formula is C20H29FN2. The monoisotopic (exact) mass is 316 g/mol. The van der Waals surface area contributed by atoms with Gasteiger partial charge in [-0.15, -0.1) is 0 Å². The third kappa shape index (κ3) is 4.60. The van der Waals surface area contributed by atoms with Crippen molar-refractivity contribution in [3.05, 3.63) is 59.0 Å². The molecular weight excluding hydrogens is 287 g/mol. The molecule has 126 valence electrons. The molecule has 0 amide bonds. The highest BCUT2D eigenvalue weighted by molar-refractivity contribution is 5.32. The largest absolute Gasteiger partial charge is 0.405 e. The summed E-state index contributed by atoms with van der Waals surface area (Å²) in [6.07, 6.45) is 15.6. The van der Waals surface area contributed by atoms with Crippen LogP contribution < -0.4 is 5.73 Å². The van der Waals surface area contributed by atoms with Crippen molar-refractivity contribution in [1.29, 1.82) is 0 Å². The standard InChI is InChI=1S/C20H29FN2/c1-15(13-22)14-23(20-7-5-4-6-8-20)17(3)19-11-9-18(10-12-19)16(2)21/h5,7-9,11,13,16-17H,4,6,10,12,14,22H2,1-3H3/b15-13-. The fourth-order valence-electron chi connectivity index (χ4n) is 3.13. The van der Waals surface area contributed by atoms with Gasteiger partial charge in [-0.25, -0.2) is 4.39 Å². The lowest BCUT2D eigenvalue weighted by molar-refractivity contribution is 0.319. The van der Waals surface area contributed by atoms with Crippen LogP contribution in [0, 0.1) is 0 Å². The summed E-state index contributed by atoms with van der Waals surface area (Å²) in [5, 5.41) is 0. The summed E-state index contributed by atoms with van der Waals surface area (Å²) in [6, 6.07) is 0.284. The van der Waals surface area contributed by atoms with E-state index in [0.29, 0.717) is 0 Å². The van der Waals surface area contributed by atoms with Crippen LogP contribution in [0.5, 0.6) is 0 Å². The van der Waals surface area contributed by atoms with Gasteiger partial charge < -0.3 is 10.6 Å². The third-order valence-corrected chi connectivity index (χ3v) is 4.74. The molecule has 0 saturated heterocycles. The Hall–Kier alpha value is -1.77. The maximum Gasteiger partial charge on any atom is 0.119 e. The number of hydrogen-bond donors (Lipinski definition) is 1. The molecule has 23 heavy (non-hydrogen) atoms. The first-order valence-electron chi connectivity index (χ1n) is 8.57. The maximum atomic E-state index is 13.4. The Bertz CT molecular complexity index is 564. The molecule has 2 unspecified atom stereocenters. The first-order valence-corrected chi connectivity index (χ1v) is 8.57. The van der Waals surface area contributed by atoms with Crippen molar-refractivity contribution in [1.82, 2.24) is 4.90 Å². The van der Waals surface area contributed by atoms with Crippen LogP contribution in [0.25, 0.3) is 0 Å². The van der Waals surface area contributed by atoms with E-state index in [1.54, 1.807) is 13.1 Å². The van der Waals surface area contributed by atoms with Gasteiger partial charge in [0, 0.05) is 18.3 Å². The van der Waals surface area contributed by atoms with E-state index in [1.165, 1.54) is 11.3 Å². The van der Waals surface area contributed by atoms with E-state index in [9.17, 15) is 4.39 Å². The van der Waals surface area contributed by atoms with Crippen LogP contribution in [-0.4, -0.2) is 23.7 Å². The number of halogens is 1. The van der Waals surface area contributed by atoms with Gasteiger partial charge in [0.15, 0.2) is 0 Å². The number of allylic oxidation sites excluding steroid dienone is 6. The summed E-state index contributed by atoms with van der Waals surface area (Å²) in [4.78, 5) is 2.40. The quantitative estimate of drug-likeness (QED) is 0.764. The lowest BCUT2D eigenvalue weighted by Gasteiger charge is -2.36. The van der Waals surface area contributed by atoms with Crippen LogP contribution in [0.15, 0.2) is 59.0 Å². The van der Waals surface area contributed by atoms with Crippen LogP contribution in [-0.2, 0) is 0 Å². The van der Waals surface area contributed by atoms with Gasteiger partial charge in [-0.2, -0.15) is 0 Å². The van der Waals surface area contributed by atoms with E-state index in [0.717, 1.165) is 43.4 Å². The van der Waals surface area contributed by atoms with Gasteiger partial charge in [0.2, 0.25) is 0 Å². The summed E-state index contributed by atoms with van der Waals surface area (Å²) >= 11 is 0. The van der Waals surface area contributed by atoms with Crippen LogP contribution in [0.1, 0.15) is 46.5 Å². The van der Waals surface area contributed by atoms with E-state index in [-0.39, 0.29) is 6.04 Å². The molecule has 0 heterocycles. The second-order valence-electron chi connectivity index (χ2n) is 6.52. The Balaban J connectivity index is 2.21. The Morgan fingerprint density at radius 2 is 1.96 bits per heavy atom. The van der Waals surface area contributed by atoms with Gasteiger partial charge in [-0.1, -0.05) is 24.3 Å². The molecule has 0 spiro atoms. The third-order valence-electron chi connectivity index (χ3n) is 4.74. The molecule has 2 aliphatic carbocycles. The van der Waals surface area contributed by atoms with Crippen molar-refractivity contribution in [3.8, 4) is 0 Å². The molecule has 0 aliphatic heterocycles. The summed E-state index contributed by atoms with van der Waals surface area (Å²) in [5.74, 6) is 0. The highest BCUT2D eigenvalue weighted by Crippen LogP contribution is 2.29. The van der Waals surface area contributed by atoms with Gasteiger partial charge >= 0.3 is 0 Å². The van der Waals surface area contributed by atoms with Crippen molar-refractivity contribution in [2.75, 3.05) is 6.54 Å². The molecule has 0 fully saturated rings. The van der Waals surface area contributed by atoms with Gasteiger partial charge in [0.1, 0.15) is 6.17 Å². The molecule has 0 aromatic heterocycles. The smallest absolute Gasteiger partial charge is 0.119 e. The van der Waals surface area contributed by atoms with Crippen molar-refractivity contribution in [3.63, 3.8) is 0 Å². The molecule has 0 saturated carbocycles. The number of alkyl halides is 1. The fourth-order valence-corrected chi connectivity index (χ4v) is 3.13. The van der Waals surface area contributed by atoms with Crippen LogP contribution in [0.2, 0.25) is 0 Å². The predicted molar refractivity (Wildman–Crippen MR) is 96.5 cm³/mol. The average Bonchev–Trinajstić information content (AvgIpc) is 2.59. The van der Waals surface area contributed by atoms with Crippen LogP contribution in [0.4, 0.5) is 4.39 Å². The second kappa shape index (κ2) is 8.19. The SMILES string of the molecule is C/C(=C/N)CN(C1=CCCC=C1)C(C)C1=CC=C(C(C)F)CC1. The summed E-state index contributed by atoms with van der Waals surface area (Å²) in [6.45, 7) is 6.73. The topological polar surface area (TPSA) is 29.3 Å². The Morgan fingerprint density at radius 1 is 1.26 bits per heavy atom. The lowest BCUT2D eigenvalue weighted by atomic mass is 9.91. The van der Waals surface area contributed by atoms with E-state index >= 15 is 0 Å². The van der Waals surface area contributed by atoms with Gasteiger partial charge in [0.25, 0.3) is 0 Å². The second-order valence-corrected chi connectivity index (χ2v) is 6.52. The zero-order valence-corrected chi connectivity index (χ0v) is 14.6. The molecule has 0 aromatic carbocycles. The van der Waals surface area contributed by atoms with Gasteiger partial charge in [-0.05, 0) is 75.4 Å². The fraction of sp³-hybridized carbons (Fsp3) is 0.500. The lowest BCUT2D eigenvalue weighted by Crippen LogP contribution is -2.35. The minimum Gasteiger partial charge on any atom is -0.405 e. The van der Waals surface area contributed by atoms with Crippen molar-refractivity contribution >= 4 is 0 Å². The molecule has 2 aliphatic rings. The molecule has 2 nitrogen and oxygen atoms in total. The van der Waals surface area contributed by atoms with Crippen molar-refractivity contribution in [2.45, 2.75) is 58.7 Å². The minimum atomic E-state index is -0.842. The van der Waals surface area contributed by atoms with Crippen LogP contribution in [0.3, 0.4) is 0 Å². The average molecular weight is 316 g/mol. The molecule has 3 heteroatoms. The number of rotatable bonds is 6. The molecule has 0 aromatic rings. The van der Waals surface area contributed by atoms with E-state index in [4.69, 9.17) is 5.73 Å². The summed E-state index contributed by atoms with van der Waals surface area (Å²) in [7, 11) is 0. The number of nitrogens with zero attached hydrogens (tertiary/aromatic N) is 1. The maximum absolute atomic E-state index is 13.4. The van der Waals surface area contributed by atoms with Gasteiger partial charge in [0.05, 0.1) is 0 Å². The van der Waals surface area contributed by atoms with E-state index in [1.807, 2.05) is 6.08 Å². The summed E-state index contributed by atoms with van der Waals surface area (Å²) in [5.41, 5.74) is 10.4. The molecule has 2 N–H and O–H groups in total. The first kappa shape index (κ1) is 17.6. The Labute approximate surface area is 139 Å².